The third-order valence-electron chi connectivity index (χ3n) is 5.58. The van der Waals surface area contributed by atoms with Crippen molar-refractivity contribution in [2.45, 2.75) is 71.4 Å². The average molecular weight is 345 g/mol. The summed E-state index contributed by atoms with van der Waals surface area (Å²) in [6.07, 6.45) is -0.221. The second kappa shape index (κ2) is 5.83. The first kappa shape index (κ1) is 18.4. The van der Waals surface area contributed by atoms with Crippen LogP contribution in [0.1, 0.15) is 52.7 Å². The number of methoxy groups -OCH3 is 1. The fourth-order valence-corrected chi connectivity index (χ4v) is 3.22. The third kappa shape index (κ3) is 3.00. The number of oxime groups is 1. The summed E-state index contributed by atoms with van der Waals surface area (Å²) in [6.45, 7) is 14.3. The molecule has 6 heteroatoms. The van der Waals surface area contributed by atoms with E-state index in [2.05, 4.69) is 51.9 Å². The molecule has 1 aromatic carbocycles. The van der Waals surface area contributed by atoms with Crippen molar-refractivity contribution in [2.75, 3.05) is 7.11 Å². The molecule has 0 aromatic heterocycles. The summed E-state index contributed by atoms with van der Waals surface area (Å²) in [4.78, 5) is 5.57. The van der Waals surface area contributed by atoms with Crippen LogP contribution in [0.25, 0.3) is 0 Å². The van der Waals surface area contributed by atoms with Gasteiger partial charge in [0.1, 0.15) is 11.8 Å². The Morgan fingerprint density at radius 3 is 2.20 bits per heavy atom. The largest absolute Gasteiger partial charge is 0.495 e. The summed E-state index contributed by atoms with van der Waals surface area (Å²) < 4.78 is 18.1. The molecule has 1 unspecified atom stereocenters. The van der Waals surface area contributed by atoms with Crippen molar-refractivity contribution < 1.29 is 18.9 Å². The Kier molecular flexibility index (Phi) is 4.30. The van der Waals surface area contributed by atoms with Crippen molar-refractivity contribution in [3.63, 3.8) is 0 Å². The van der Waals surface area contributed by atoms with E-state index < -0.39 is 12.7 Å². The van der Waals surface area contributed by atoms with Crippen molar-refractivity contribution in [2.24, 2.45) is 5.16 Å². The molecule has 0 bridgehead atoms. The second-order valence-corrected chi connectivity index (χ2v) is 8.45. The summed E-state index contributed by atoms with van der Waals surface area (Å²) in [7, 11) is 1.28. The van der Waals surface area contributed by atoms with Crippen LogP contribution in [0.2, 0.25) is 0 Å². The van der Waals surface area contributed by atoms with Gasteiger partial charge < -0.3 is 18.9 Å². The monoisotopic (exact) mass is 345 g/mol. The molecular weight excluding hydrogens is 317 g/mol. The lowest BCUT2D eigenvalue weighted by Gasteiger charge is -2.32. The maximum absolute atomic E-state index is 6.22. The molecule has 1 fully saturated rings. The first-order chi connectivity index (χ1) is 11.5. The van der Waals surface area contributed by atoms with Gasteiger partial charge in [-0.05, 0) is 53.9 Å². The highest BCUT2D eigenvalue weighted by atomic mass is 16.7. The Morgan fingerprint density at radius 2 is 1.64 bits per heavy atom. The first-order valence-corrected chi connectivity index (χ1v) is 8.74. The minimum absolute atomic E-state index is 0.221. The van der Waals surface area contributed by atoms with Gasteiger partial charge in [0, 0.05) is 12.7 Å². The summed E-state index contributed by atoms with van der Waals surface area (Å²) in [5.41, 5.74) is 2.67. The molecule has 25 heavy (non-hydrogen) atoms. The molecule has 3 rings (SSSR count). The Morgan fingerprint density at radius 1 is 1.04 bits per heavy atom. The number of benzene rings is 1. The van der Waals surface area contributed by atoms with Gasteiger partial charge in [-0.2, -0.15) is 0 Å². The summed E-state index contributed by atoms with van der Waals surface area (Å²) >= 11 is 0. The van der Waals surface area contributed by atoms with E-state index in [1.165, 1.54) is 0 Å². The van der Waals surface area contributed by atoms with Gasteiger partial charge in [0.2, 0.25) is 0 Å². The SMILES string of the molecule is COC1C(c2ccc(C)c(B3OC(C)(C)C(C)(C)O3)c2)=NOC1(C)C. The number of nitrogens with zero attached hydrogens (tertiary/aromatic N) is 1. The Hall–Kier alpha value is -1.37. The number of rotatable bonds is 3. The first-order valence-electron chi connectivity index (χ1n) is 8.74. The van der Waals surface area contributed by atoms with E-state index in [9.17, 15) is 0 Å². The van der Waals surface area contributed by atoms with Crippen molar-refractivity contribution >= 4 is 18.3 Å². The van der Waals surface area contributed by atoms with E-state index in [1.54, 1.807) is 7.11 Å². The highest BCUT2D eigenvalue weighted by Crippen LogP contribution is 2.37. The number of ether oxygens (including phenoxy) is 1. The van der Waals surface area contributed by atoms with Gasteiger partial charge in [-0.3, -0.25) is 0 Å². The van der Waals surface area contributed by atoms with Gasteiger partial charge >= 0.3 is 7.12 Å². The molecule has 5 nitrogen and oxygen atoms in total. The molecule has 136 valence electrons. The van der Waals surface area contributed by atoms with E-state index in [0.717, 1.165) is 22.3 Å². The predicted molar refractivity (Wildman–Crippen MR) is 99.4 cm³/mol. The van der Waals surface area contributed by atoms with Gasteiger partial charge in [-0.15, -0.1) is 0 Å². The predicted octanol–water partition coefficient (Wildman–Crippen LogP) is 2.82. The van der Waals surface area contributed by atoms with E-state index in [4.69, 9.17) is 18.9 Å². The van der Waals surface area contributed by atoms with Gasteiger partial charge in [0.25, 0.3) is 0 Å². The summed E-state index contributed by atoms with van der Waals surface area (Å²) in [5, 5.41) is 4.28. The lowest BCUT2D eigenvalue weighted by Crippen LogP contribution is -2.41. The maximum atomic E-state index is 6.22. The van der Waals surface area contributed by atoms with E-state index >= 15 is 0 Å². The van der Waals surface area contributed by atoms with Gasteiger partial charge in [-0.1, -0.05) is 28.9 Å². The van der Waals surface area contributed by atoms with E-state index in [-0.39, 0.29) is 17.3 Å². The molecule has 0 N–H and O–H groups in total. The fraction of sp³-hybridized carbons (Fsp3) is 0.632. The highest BCUT2D eigenvalue weighted by molar-refractivity contribution is 6.62. The van der Waals surface area contributed by atoms with Crippen LogP contribution >= 0.6 is 0 Å². The molecule has 2 heterocycles. The Bertz CT molecular complexity index is 695. The van der Waals surface area contributed by atoms with Gasteiger partial charge in [-0.25, -0.2) is 0 Å². The molecule has 0 saturated carbocycles. The maximum Gasteiger partial charge on any atom is 0.495 e. The van der Waals surface area contributed by atoms with Crippen molar-refractivity contribution in [3.8, 4) is 0 Å². The van der Waals surface area contributed by atoms with E-state index in [0.29, 0.717) is 0 Å². The normalized spacial score (nSPS) is 26.5. The Balaban J connectivity index is 1.96. The minimum atomic E-state index is -0.487. The van der Waals surface area contributed by atoms with Crippen LogP contribution in [0, 0.1) is 6.92 Å². The molecular formula is C19H28BNO4. The molecule has 1 atom stereocenters. The lowest BCUT2D eigenvalue weighted by molar-refractivity contribution is -0.0614. The topological polar surface area (TPSA) is 49.3 Å². The fourth-order valence-electron chi connectivity index (χ4n) is 3.22. The van der Waals surface area contributed by atoms with Crippen LogP contribution in [0.4, 0.5) is 0 Å². The van der Waals surface area contributed by atoms with Crippen LogP contribution in [-0.4, -0.2) is 42.8 Å². The summed E-state index contributed by atoms with van der Waals surface area (Å²) in [5.74, 6) is 0. The quantitative estimate of drug-likeness (QED) is 0.791. The number of hydrogen-bond donors (Lipinski definition) is 0. The molecule has 0 aliphatic carbocycles. The standard InChI is InChI=1S/C19H28BNO4/c1-12-9-10-13(15-16(22-8)17(2,3)25-21-15)11-14(12)20-23-18(4,5)19(6,7)24-20/h9-11,16H,1-8H3. The third-order valence-corrected chi connectivity index (χ3v) is 5.58. The molecule has 2 aliphatic heterocycles. The lowest BCUT2D eigenvalue weighted by atomic mass is 9.75. The van der Waals surface area contributed by atoms with Crippen LogP contribution in [0.3, 0.4) is 0 Å². The minimum Gasteiger partial charge on any atom is -0.399 e. The summed E-state index contributed by atoms with van der Waals surface area (Å²) in [6, 6.07) is 6.18. The van der Waals surface area contributed by atoms with Crippen molar-refractivity contribution in [1.29, 1.82) is 0 Å². The average Bonchev–Trinajstić information content (AvgIpc) is 2.91. The smallest absolute Gasteiger partial charge is 0.399 e. The van der Waals surface area contributed by atoms with Crippen LogP contribution in [-0.2, 0) is 18.9 Å². The zero-order valence-electron chi connectivity index (χ0n) is 16.5. The van der Waals surface area contributed by atoms with Gasteiger partial charge in [0.15, 0.2) is 5.60 Å². The second-order valence-electron chi connectivity index (χ2n) is 8.45. The molecule has 1 aromatic rings. The molecule has 1 saturated heterocycles. The Labute approximate surface area is 150 Å². The highest BCUT2D eigenvalue weighted by Gasteiger charge is 2.52. The van der Waals surface area contributed by atoms with Crippen LogP contribution in [0.5, 0.6) is 0 Å². The molecule has 0 amide bonds. The van der Waals surface area contributed by atoms with Crippen molar-refractivity contribution in [3.05, 3.63) is 29.3 Å². The van der Waals surface area contributed by atoms with Crippen LogP contribution in [0.15, 0.2) is 23.4 Å². The zero-order valence-corrected chi connectivity index (χ0v) is 16.5. The molecule has 0 radical (unpaired) electrons. The zero-order chi connectivity index (χ0) is 18.6. The number of hydrogen-bond acceptors (Lipinski definition) is 5. The molecule has 0 spiro atoms. The van der Waals surface area contributed by atoms with Crippen molar-refractivity contribution in [1.82, 2.24) is 0 Å². The van der Waals surface area contributed by atoms with Gasteiger partial charge in [0.05, 0.1) is 11.2 Å². The van der Waals surface area contributed by atoms with Crippen LogP contribution < -0.4 is 5.46 Å². The molecule has 2 aliphatic rings. The van der Waals surface area contributed by atoms with E-state index in [1.807, 2.05) is 19.9 Å². The number of aryl methyl sites for hydroxylation is 1.